The van der Waals surface area contributed by atoms with Crippen LogP contribution in [0, 0.1) is 13.8 Å². The molecule has 11 heteroatoms. The monoisotopic (exact) mass is 540 g/mol. The first-order chi connectivity index (χ1) is 17.9. The van der Waals surface area contributed by atoms with Crippen molar-refractivity contribution in [2.45, 2.75) is 33.0 Å². The number of rotatable bonds is 8. The number of anilines is 1. The highest BCUT2D eigenvalue weighted by Gasteiger charge is 2.28. The largest absolute Gasteiger partial charge is 0.491 e. The summed E-state index contributed by atoms with van der Waals surface area (Å²) in [5.41, 5.74) is 4.56. The highest BCUT2D eigenvalue weighted by molar-refractivity contribution is 6.36. The minimum Gasteiger partial charge on any atom is -0.491 e. The molecule has 0 saturated carbocycles. The Labute approximate surface area is 224 Å². The molecule has 0 aliphatic carbocycles. The first-order valence-corrected chi connectivity index (χ1v) is 12.5. The summed E-state index contributed by atoms with van der Waals surface area (Å²) >= 11 is 13.6. The molecule has 0 spiro atoms. The Morgan fingerprint density at radius 2 is 2.03 bits per heavy atom. The van der Waals surface area contributed by atoms with E-state index in [0.717, 1.165) is 11.3 Å². The number of fused-ring (bicyclic) bond motifs is 1. The van der Waals surface area contributed by atoms with Crippen molar-refractivity contribution < 1.29 is 14.4 Å². The summed E-state index contributed by atoms with van der Waals surface area (Å²) < 4.78 is 11.2. The maximum atomic E-state index is 10.0. The van der Waals surface area contributed by atoms with Crippen molar-refractivity contribution in [1.29, 1.82) is 0 Å². The minimum absolute atomic E-state index is 0.123. The van der Waals surface area contributed by atoms with Crippen LogP contribution in [-0.2, 0) is 13.1 Å². The Hall–Kier alpha value is -3.24. The fraction of sp³-hybridized carbons (Fsp3) is 0.308. The van der Waals surface area contributed by atoms with E-state index in [4.69, 9.17) is 42.4 Å². The summed E-state index contributed by atoms with van der Waals surface area (Å²) in [6.45, 7) is 5.38. The second kappa shape index (κ2) is 10.6. The van der Waals surface area contributed by atoms with Gasteiger partial charge in [0.15, 0.2) is 11.6 Å². The fourth-order valence-corrected chi connectivity index (χ4v) is 4.85. The van der Waals surface area contributed by atoms with Crippen molar-refractivity contribution in [2.75, 3.05) is 25.1 Å². The number of aliphatic hydroxyl groups excluding tert-OH is 1. The Morgan fingerprint density at radius 1 is 1.19 bits per heavy atom. The molecule has 1 aliphatic rings. The molecule has 0 radical (unpaired) electrons. The van der Waals surface area contributed by atoms with Crippen LogP contribution in [0.1, 0.15) is 22.7 Å². The molecule has 5 rings (SSSR count). The second-order valence-corrected chi connectivity index (χ2v) is 9.65. The van der Waals surface area contributed by atoms with Gasteiger partial charge in [-0.1, -0.05) is 34.4 Å². The van der Waals surface area contributed by atoms with Gasteiger partial charge in [-0.2, -0.15) is 0 Å². The predicted molar refractivity (Wildman–Crippen MR) is 142 cm³/mol. The van der Waals surface area contributed by atoms with Crippen molar-refractivity contribution in [1.82, 2.24) is 25.4 Å². The zero-order chi connectivity index (χ0) is 26.1. The van der Waals surface area contributed by atoms with Crippen LogP contribution in [0.2, 0.25) is 10.0 Å². The van der Waals surface area contributed by atoms with E-state index in [1.807, 2.05) is 26.0 Å². The van der Waals surface area contributed by atoms with Gasteiger partial charge in [0, 0.05) is 24.8 Å². The van der Waals surface area contributed by atoms with Crippen LogP contribution >= 0.6 is 23.2 Å². The van der Waals surface area contributed by atoms with Crippen LogP contribution in [-0.4, -0.2) is 51.5 Å². The topological polar surface area (TPSA) is 109 Å². The normalized spacial score (nSPS) is 13.6. The van der Waals surface area contributed by atoms with Crippen molar-refractivity contribution >= 4 is 29.0 Å². The Balaban J connectivity index is 1.60. The van der Waals surface area contributed by atoms with Crippen LogP contribution in [0.3, 0.4) is 0 Å². The lowest BCUT2D eigenvalue weighted by atomic mass is 10.1. The molecule has 2 N–H and O–H groups in total. The number of ether oxygens (including phenoxy) is 1. The Bertz CT molecular complexity index is 1400. The lowest BCUT2D eigenvalue weighted by Gasteiger charge is -2.21. The summed E-state index contributed by atoms with van der Waals surface area (Å²) in [5, 5.41) is 17.9. The maximum absolute atomic E-state index is 10.0. The average Bonchev–Trinajstić information content (AvgIpc) is 3.46. The van der Waals surface area contributed by atoms with Crippen LogP contribution in [0.4, 0.5) is 5.82 Å². The number of aryl methyl sites for hydroxylation is 2. The van der Waals surface area contributed by atoms with E-state index in [1.165, 1.54) is 0 Å². The van der Waals surface area contributed by atoms with E-state index in [2.05, 4.69) is 20.4 Å². The smallest absolute Gasteiger partial charge is 0.163 e. The summed E-state index contributed by atoms with van der Waals surface area (Å²) in [4.78, 5) is 16.3. The van der Waals surface area contributed by atoms with E-state index in [0.29, 0.717) is 75.3 Å². The van der Waals surface area contributed by atoms with Crippen LogP contribution in [0.25, 0.3) is 22.6 Å². The van der Waals surface area contributed by atoms with Gasteiger partial charge in [0.05, 0.1) is 28.5 Å². The number of halogens is 2. The van der Waals surface area contributed by atoms with Crippen molar-refractivity contribution in [3.8, 4) is 28.4 Å². The van der Waals surface area contributed by atoms with E-state index in [9.17, 15) is 5.11 Å². The van der Waals surface area contributed by atoms with Crippen LogP contribution < -0.4 is 15.0 Å². The van der Waals surface area contributed by atoms with Gasteiger partial charge in [0.2, 0.25) is 0 Å². The van der Waals surface area contributed by atoms with E-state index < -0.39 is 6.10 Å². The van der Waals surface area contributed by atoms with E-state index in [-0.39, 0.29) is 6.61 Å². The number of benzene rings is 1. The predicted octanol–water partition coefficient (Wildman–Crippen LogP) is 4.60. The Kier molecular flexibility index (Phi) is 7.30. The molecular formula is C26H26Cl2N6O3. The molecule has 0 amide bonds. The first kappa shape index (κ1) is 25.4. The van der Waals surface area contributed by atoms with Gasteiger partial charge in [-0.05, 0) is 50.7 Å². The SMILES string of the molecule is CNC[C@@H](O)COc1ccc(Cl)c(-c2nc(-c3c(C)noc3C)c(Cl)c(N3Cc4cccnc4C3)n2)c1. The van der Waals surface area contributed by atoms with Crippen molar-refractivity contribution in [3.63, 3.8) is 0 Å². The molecule has 0 fully saturated rings. The molecule has 1 aromatic carbocycles. The van der Waals surface area contributed by atoms with Crippen LogP contribution in [0.5, 0.6) is 5.75 Å². The van der Waals surface area contributed by atoms with Gasteiger partial charge < -0.3 is 24.6 Å². The summed E-state index contributed by atoms with van der Waals surface area (Å²) in [6.07, 6.45) is 1.13. The minimum atomic E-state index is -0.654. The summed E-state index contributed by atoms with van der Waals surface area (Å²) in [7, 11) is 1.77. The molecule has 4 aromatic rings. The van der Waals surface area contributed by atoms with Gasteiger partial charge >= 0.3 is 0 Å². The molecule has 1 atom stereocenters. The summed E-state index contributed by atoms with van der Waals surface area (Å²) in [5.74, 6) is 2.07. The highest BCUT2D eigenvalue weighted by atomic mass is 35.5. The van der Waals surface area contributed by atoms with Gasteiger partial charge in [-0.15, -0.1) is 0 Å². The molecule has 37 heavy (non-hydrogen) atoms. The number of hydrogen-bond donors (Lipinski definition) is 2. The molecular weight excluding hydrogens is 515 g/mol. The quantitative estimate of drug-likeness (QED) is 0.331. The van der Waals surface area contributed by atoms with Crippen LogP contribution in [0.15, 0.2) is 41.1 Å². The maximum Gasteiger partial charge on any atom is 0.163 e. The first-order valence-electron chi connectivity index (χ1n) is 11.8. The third-order valence-electron chi connectivity index (χ3n) is 6.15. The molecule has 3 aromatic heterocycles. The number of aliphatic hydroxyl groups is 1. The number of likely N-dealkylation sites (N-methyl/N-ethyl adjacent to an activating group) is 1. The number of nitrogens with one attached hydrogen (secondary N) is 1. The second-order valence-electron chi connectivity index (χ2n) is 8.86. The molecule has 9 nitrogen and oxygen atoms in total. The molecule has 4 heterocycles. The number of aromatic nitrogens is 4. The van der Waals surface area contributed by atoms with Crippen molar-refractivity contribution in [3.05, 3.63) is 69.3 Å². The zero-order valence-corrected chi connectivity index (χ0v) is 22.1. The van der Waals surface area contributed by atoms with Gasteiger partial charge in [-0.25, -0.2) is 9.97 Å². The number of nitrogens with zero attached hydrogens (tertiary/aromatic N) is 5. The lowest BCUT2D eigenvalue weighted by Crippen LogP contribution is -2.29. The fourth-order valence-electron chi connectivity index (χ4n) is 4.35. The van der Waals surface area contributed by atoms with E-state index >= 15 is 0 Å². The van der Waals surface area contributed by atoms with Gasteiger partial charge in [-0.3, -0.25) is 4.98 Å². The lowest BCUT2D eigenvalue weighted by molar-refractivity contribution is 0.108. The van der Waals surface area contributed by atoms with Crippen molar-refractivity contribution in [2.24, 2.45) is 0 Å². The molecule has 0 bridgehead atoms. The average molecular weight is 541 g/mol. The third-order valence-corrected chi connectivity index (χ3v) is 6.83. The van der Waals surface area contributed by atoms with Gasteiger partial charge in [0.1, 0.15) is 34.9 Å². The molecule has 0 unspecified atom stereocenters. The third kappa shape index (κ3) is 5.13. The summed E-state index contributed by atoms with van der Waals surface area (Å²) in [6, 6.07) is 9.20. The van der Waals surface area contributed by atoms with E-state index in [1.54, 1.807) is 31.4 Å². The standard InChI is InChI=1S/C26H26Cl2N6O3/c1-14-22(15(2)37-33-14)24-23(28)26(34-11-16-5-4-8-30-21(16)12-34)32-25(31-24)19-9-18(6-7-20(19)27)36-13-17(35)10-29-3/h4-9,17,29,35H,10-13H2,1-3H3/t17-/m1/s1. The molecule has 192 valence electrons. The number of pyridine rings is 1. The highest BCUT2D eigenvalue weighted by Crippen LogP contribution is 2.41. The zero-order valence-electron chi connectivity index (χ0n) is 20.6. The molecule has 1 aliphatic heterocycles. The van der Waals surface area contributed by atoms with Gasteiger partial charge in [0.25, 0.3) is 0 Å². The Morgan fingerprint density at radius 3 is 2.76 bits per heavy atom. The molecule has 0 saturated heterocycles. The number of hydrogen-bond acceptors (Lipinski definition) is 9.